The Bertz CT molecular complexity index is 1270. The number of nitrogens with two attached hydrogens (primary N) is 1. The minimum Gasteiger partial charge on any atom is -0.383 e. The Morgan fingerprint density at radius 3 is 2.83 bits per heavy atom. The van der Waals surface area contributed by atoms with Crippen LogP contribution in [0.15, 0.2) is 30.9 Å². The number of ether oxygens (including phenoxy) is 2. The van der Waals surface area contributed by atoms with Gasteiger partial charge in [-0.3, -0.25) is 4.79 Å². The minimum absolute atomic E-state index is 0.0221. The van der Waals surface area contributed by atoms with Crippen molar-refractivity contribution >= 4 is 33.8 Å². The third-order valence-corrected chi connectivity index (χ3v) is 5.69. The van der Waals surface area contributed by atoms with Gasteiger partial charge >= 0.3 is 0 Å². The Hall–Kier alpha value is -3.61. The number of nitrogen functional groups attached to an aromatic ring is 1. The van der Waals surface area contributed by atoms with Crippen LogP contribution in [0.4, 0.5) is 5.82 Å². The van der Waals surface area contributed by atoms with Crippen molar-refractivity contribution in [3.8, 4) is 11.3 Å². The number of rotatable bonds is 15. The molecule has 0 aliphatic carbocycles. The number of unbranched alkanes of at least 4 members (excludes halogenated alkanes) is 1. The third-order valence-electron chi connectivity index (χ3n) is 5.69. The van der Waals surface area contributed by atoms with Crippen molar-refractivity contribution in [2.24, 2.45) is 0 Å². The molecule has 0 saturated carbocycles. The molecular formula is C24H33N9O3. The van der Waals surface area contributed by atoms with Crippen LogP contribution < -0.4 is 16.4 Å². The quantitative estimate of drug-likeness (QED) is 0.179. The average molecular weight is 496 g/mol. The molecule has 0 radical (unpaired) electrons. The summed E-state index contributed by atoms with van der Waals surface area (Å²) in [5.41, 5.74) is 9.26. The van der Waals surface area contributed by atoms with Gasteiger partial charge in [-0.1, -0.05) is 0 Å². The van der Waals surface area contributed by atoms with Crippen molar-refractivity contribution in [1.29, 1.82) is 0 Å². The Balaban J connectivity index is 1.24. The van der Waals surface area contributed by atoms with E-state index in [0.717, 1.165) is 41.4 Å². The van der Waals surface area contributed by atoms with Gasteiger partial charge in [-0.15, -0.1) is 0 Å². The Kier molecular flexibility index (Phi) is 9.14. The predicted octanol–water partition coefficient (Wildman–Crippen LogP) is 1.49. The molecule has 0 atom stereocenters. The average Bonchev–Trinajstić information content (AvgIpc) is 3.50. The number of hydrogen-bond donors (Lipinski definition) is 4. The van der Waals surface area contributed by atoms with Crippen molar-refractivity contribution in [2.75, 3.05) is 52.3 Å². The molecule has 0 bridgehead atoms. The molecule has 0 fully saturated rings. The van der Waals surface area contributed by atoms with Crippen LogP contribution in [0, 0.1) is 0 Å². The maximum atomic E-state index is 12.0. The van der Waals surface area contributed by atoms with E-state index in [2.05, 4.69) is 30.6 Å². The number of pyridine rings is 1. The van der Waals surface area contributed by atoms with Crippen LogP contribution in [0.1, 0.15) is 19.3 Å². The molecule has 12 nitrogen and oxygen atoms in total. The standard InChI is InChI=1S/C24H33N9O3/c1-26-8-11-36-13-12-35-10-5-19(34)27-6-2-3-9-33-24-20(22(25)30-16-31-24)21(32-33)18-14-17-4-7-28-23(17)29-15-18/h4,7,14-16,26H,2-3,5-6,8-13H2,1H3,(H,27,34)(H,28,29)(H2,25,30,31). The van der Waals surface area contributed by atoms with Crippen molar-refractivity contribution < 1.29 is 14.3 Å². The lowest BCUT2D eigenvalue weighted by Crippen LogP contribution is -2.26. The summed E-state index contributed by atoms with van der Waals surface area (Å²) in [6, 6.07) is 3.99. The number of aromatic nitrogens is 6. The highest BCUT2D eigenvalue weighted by Gasteiger charge is 2.17. The van der Waals surface area contributed by atoms with Crippen molar-refractivity contribution in [2.45, 2.75) is 25.8 Å². The number of carbonyl (C=O) groups is 1. The zero-order chi connectivity index (χ0) is 25.2. The molecule has 0 saturated heterocycles. The van der Waals surface area contributed by atoms with E-state index in [0.29, 0.717) is 63.1 Å². The van der Waals surface area contributed by atoms with Crippen LogP contribution in [0.3, 0.4) is 0 Å². The number of nitrogens with one attached hydrogen (secondary N) is 3. The van der Waals surface area contributed by atoms with Gasteiger partial charge < -0.3 is 30.8 Å². The second kappa shape index (κ2) is 12.9. The highest BCUT2D eigenvalue weighted by Crippen LogP contribution is 2.31. The minimum atomic E-state index is -0.0221. The normalized spacial score (nSPS) is 11.5. The number of nitrogens with zero attached hydrogens (tertiary/aromatic N) is 5. The van der Waals surface area contributed by atoms with Crippen LogP contribution in [0.25, 0.3) is 33.3 Å². The fourth-order valence-corrected chi connectivity index (χ4v) is 3.82. The molecule has 0 unspecified atom stereocenters. The maximum Gasteiger partial charge on any atom is 0.222 e. The summed E-state index contributed by atoms with van der Waals surface area (Å²) >= 11 is 0. The lowest BCUT2D eigenvalue weighted by atomic mass is 10.1. The van der Waals surface area contributed by atoms with Gasteiger partial charge in [0.2, 0.25) is 5.91 Å². The van der Waals surface area contributed by atoms with Gasteiger partial charge in [0.05, 0.1) is 31.8 Å². The van der Waals surface area contributed by atoms with Gasteiger partial charge in [-0.05, 0) is 32.0 Å². The van der Waals surface area contributed by atoms with Crippen LogP contribution in [0.5, 0.6) is 0 Å². The smallest absolute Gasteiger partial charge is 0.222 e. The zero-order valence-electron chi connectivity index (χ0n) is 20.5. The summed E-state index contributed by atoms with van der Waals surface area (Å²) in [5, 5.41) is 12.4. The molecule has 0 aromatic carbocycles. The van der Waals surface area contributed by atoms with Gasteiger partial charge in [0.1, 0.15) is 23.5 Å². The number of H-pyrrole nitrogens is 1. The van der Waals surface area contributed by atoms with E-state index in [4.69, 9.17) is 20.3 Å². The van der Waals surface area contributed by atoms with Gasteiger partial charge in [-0.2, -0.15) is 5.10 Å². The third kappa shape index (κ3) is 6.53. The summed E-state index contributed by atoms with van der Waals surface area (Å²) in [7, 11) is 1.88. The van der Waals surface area contributed by atoms with E-state index in [1.807, 2.05) is 30.1 Å². The summed E-state index contributed by atoms with van der Waals surface area (Å²) in [6.45, 7) is 4.08. The largest absolute Gasteiger partial charge is 0.383 e. The number of hydrogen-bond acceptors (Lipinski definition) is 9. The molecule has 4 aromatic heterocycles. The number of anilines is 1. The first kappa shape index (κ1) is 25.5. The molecule has 4 heterocycles. The topological polar surface area (TPSA) is 158 Å². The molecular weight excluding hydrogens is 462 g/mol. The lowest BCUT2D eigenvalue weighted by molar-refractivity contribution is -0.122. The second-order valence-electron chi connectivity index (χ2n) is 8.30. The van der Waals surface area contributed by atoms with E-state index in [9.17, 15) is 4.79 Å². The van der Waals surface area contributed by atoms with Gasteiger partial charge in [-0.25, -0.2) is 19.6 Å². The summed E-state index contributed by atoms with van der Waals surface area (Å²) in [5.74, 6) is 0.362. The van der Waals surface area contributed by atoms with Crippen LogP contribution in [0.2, 0.25) is 0 Å². The van der Waals surface area contributed by atoms with E-state index >= 15 is 0 Å². The fourth-order valence-electron chi connectivity index (χ4n) is 3.82. The number of likely N-dealkylation sites (N-methyl/N-ethyl adjacent to an activating group) is 1. The van der Waals surface area contributed by atoms with E-state index in [-0.39, 0.29) is 5.91 Å². The van der Waals surface area contributed by atoms with Crippen LogP contribution >= 0.6 is 0 Å². The number of aryl methyl sites for hydroxylation is 1. The number of aromatic amines is 1. The molecule has 36 heavy (non-hydrogen) atoms. The molecule has 1 amide bonds. The molecule has 0 aliphatic rings. The predicted molar refractivity (Wildman–Crippen MR) is 137 cm³/mol. The molecule has 192 valence electrons. The SMILES string of the molecule is CNCCOCCOCCC(=O)NCCCCn1nc(-c2cnc3[nH]ccc3c2)c2c(N)ncnc21. The van der Waals surface area contributed by atoms with Crippen LogP contribution in [-0.4, -0.2) is 82.2 Å². The number of amides is 1. The molecule has 0 aliphatic heterocycles. The van der Waals surface area contributed by atoms with E-state index in [1.54, 1.807) is 6.20 Å². The Morgan fingerprint density at radius 2 is 1.97 bits per heavy atom. The van der Waals surface area contributed by atoms with Crippen molar-refractivity contribution in [1.82, 2.24) is 40.3 Å². The second-order valence-corrected chi connectivity index (χ2v) is 8.30. The highest BCUT2D eigenvalue weighted by atomic mass is 16.5. The monoisotopic (exact) mass is 495 g/mol. The summed E-state index contributed by atoms with van der Waals surface area (Å²) < 4.78 is 12.6. The first-order chi connectivity index (χ1) is 17.7. The molecule has 4 rings (SSSR count). The molecule has 5 N–H and O–H groups in total. The van der Waals surface area contributed by atoms with Gasteiger partial charge in [0.15, 0.2) is 5.65 Å². The zero-order valence-corrected chi connectivity index (χ0v) is 20.5. The Labute approximate surface area is 209 Å². The maximum absolute atomic E-state index is 12.0. The van der Waals surface area contributed by atoms with Gasteiger partial charge in [0, 0.05) is 49.4 Å². The fraction of sp³-hybridized carbons (Fsp3) is 0.458. The first-order valence-electron chi connectivity index (χ1n) is 12.1. The lowest BCUT2D eigenvalue weighted by Gasteiger charge is -2.07. The number of carbonyl (C=O) groups excluding carboxylic acids is 1. The molecule has 4 aromatic rings. The van der Waals surface area contributed by atoms with Gasteiger partial charge in [0.25, 0.3) is 0 Å². The first-order valence-corrected chi connectivity index (χ1v) is 12.1. The highest BCUT2D eigenvalue weighted by molar-refractivity contribution is 5.99. The van der Waals surface area contributed by atoms with Crippen LogP contribution in [-0.2, 0) is 20.8 Å². The molecule has 0 spiro atoms. The van der Waals surface area contributed by atoms with Crippen molar-refractivity contribution in [3.05, 3.63) is 30.9 Å². The van der Waals surface area contributed by atoms with Crippen molar-refractivity contribution in [3.63, 3.8) is 0 Å². The molecule has 12 heteroatoms. The number of fused-ring (bicyclic) bond motifs is 2. The van der Waals surface area contributed by atoms with E-state index in [1.165, 1.54) is 6.33 Å². The summed E-state index contributed by atoms with van der Waals surface area (Å²) in [4.78, 5) is 28.2. The summed E-state index contributed by atoms with van der Waals surface area (Å²) in [6.07, 6.45) is 7.02. The van der Waals surface area contributed by atoms with E-state index < -0.39 is 0 Å². The Morgan fingerprint density at radius 1 is 1.11 bits per heavy atom.